The van der Waals surface area contributed by atoms with Gasteiger partial charge in [0, 0.05) is 17.3 Å². The maximum Gasteiger partial charge on any atom is 0.260 e. The quantitative estimate of drug-likeness (QED) is 0.797. The first kappa shape index (κ1) is 14.8. The molecule has 0 saturated carbocycles. The lowest BCUT2D eigenvalue weighted by Gasteiger charge is -2.08. The van der Waals surface area contributed by atoms with Gasteiger partial charge in [0.15, 0.2) is 5.82 Å². The van der Waals surface area contributed by atoms with Gasteiger partial charge in [-0.25, -0.2) is 4.98 Å². The van der Waals surface area contributed by atoms with Crippen LogP contribution in [0.3, 0.4) is 0 Å². The molecule has 118 valence electrons. The number of nitrogens with zero attached hydrogens (tertiary/aromatic N) is 2. The van der Waals surface area contributed by atoms with Crippen molar-refractivity contribution in [2.24, 2.45) is 0 Å². The minimum atomic E-state index is -0.349. The molecular weight excluding hydrogens is 298 g/mol. The SMILES string of the molecule is COc1cc(OC)cc(C(=O)Nc2noc3nc(C)ccc23)c1. The van der Waals surface area contributed by atoms with Gasteiger partial charge in [0.2, 0.25) is 0 Å². The predicted octanol–water partition coefficient (Wildman–Crippen LogP) is 2.80. The van der Waals surface area contributed by atoms with E-state index in [-0.39, 0.29) is 5.91 Å². The van der Waals surface area contributed by atoms with Gasteiger partial charge >= 0.3 is 0 Å². The Morgan fingerprint density at radius 1 is 1.13 bits per heavy atom. The Morgan fingerprint density at radius 2 is 1.83 bits per heavy atom. The highest BCUT2D eigenvalue weighted by molar-refractivity contribution is 6.07. The summed E-state index contributed by atoms with van der Waals surface area (Å²) in [6.45, 7) is 1.85. The fourth-order valence-corrected chi connectivity index (χ4v) is 2.13. The molecular formula is C16H15N3O4. The number of anilines is 1. The van der Waals surface area contributed by atoms with E-state index in [2.05, 4.69) is 15.5 Å². The number of aryl methyl sites for hydroxylation is 1. The maximum absolute atomic E-state index is 12.4. The van der Waals surface area contributed by atoms with Crippen LogP contribution in [0.25, 0.3) is 11.1 Å². The zero-order chi connectivity index (χ0) is 16.4. The summed E-state index contributed by atoms with van der Waals surface area (Å²) in [7, 11) is 3.05. The number of pyridine rings is 1. The van der Waals surface area contributed by atoms with Crippen molar-refractivity contribution in [2.75, 3.05) is 19.5 Å². The number of aromatic nitrogens is 2. The fraction of sp³-hybridized carbons (Fsp3) is 0.188. The molecule has 0 aliphatic heterocycles. The van der Waals surface area contributed by atoms with Crippen LogP contribution in [0.4, 0.5) is 5.82 Å². The number of fused-ring (bicyclic) bond motifs is 1. The molecule has 0 aliphatic carbocycles. The van der Waals surface area contributed by atoms with E-state index in [9.17, 15) is 4.79 Å². The van der Waals surface area contributed by atoms with Crippen molar-refractivity contribution >= 4 is 22.8 Å². The molecule has 1 aromatic carbocycles. The largest absolute Gasteiger partial charge is 0.497 e. The first-order valence-electron chi connectivity index (χ1n) is 6.88. The van der Waals surface area contributed by atoms with Gasteiger partial charge in [0.25, 0.3) is 11.6 Å². The first-order chi connectivity index (χ1) is 11.1. The Balaban J connectivity index is 1.91. The minimum Gasteiger partial charge on any atom is -0.497 e. The summed E-state index contributed by atoms with van der Waals surface area (Å²) in [6.07, 6.45) is 0. The van der Waals surface area contributed by atoms with Gasteiger partial charge in [-0.1, -0.05) is 5.16 Å². The zero-order valence-corrected chi connectivity index (χ0v) is 12.9. The summed E-state index contributed by atoms with van der Waals surface area (Å²) in [5.41, 5.74) is 1.57. The molecule has 1 N–H and O–H groups in total. The average Bonchev–Trinajstić information content (AvgIpc) is 2.96. The molecule has 7 nitrogen and oxygen atoms in total. The molecule has 2 aromatic heterocycles. The fourth-order valence-electron chi connectivity index (χ4n) is 2.13. The van der Waals surface area contributed by atoms with E-state index in [1.807, 2.05) is 13.0 Å². The van der Waals surface area contributed by atoms with Crippen LogP contribution >= 0.6 is 0 Å². The number of rotatable bonds is 4. The third kappa shape index (κ3) is 2.94. The van der Waals surface area contributed by atoms with Crippen molar-refractivity contribution in [3.8, 4) is 11.5 Å². The van der Waals surface area contributed by atoms with Crippen LogP contribution in [0.5, 0.6) is 11.5 Å². The van der Waals surface area contributed by atoms with Crippen molar-refractivity contribution in [3.63, 3.8) is 0 Å². The van der Waals surface area contributed by atoms with Crippen LogP contribution in [0.15, 0.2) is 34.9 Å². The van der Waals surface area contributed by atoms with E-state index in [1.165, 1.54) is 14.2 Å². The molecule has 0 atom stereocenters. The van der Waals surface area contributed by atoms with E-state index in [4.69, 9.17) is 14.0 Å². The Kier molecular flexibility index (Phi) is 3.84. The number of ether oxygens (including phenoxy) is 2. The third-order valence-electron chi connectivity index (χ3n) is 3.32. The molecule has 0 spiro atoms. The Labute approximate surface area is 132 Å². The number of methoxy groups -OCH3 is 2. The molecule has 0 saturated heterocycles. The minimum absolute atomic E-state index is 0.319. The summed E-state index contributed by atoms with van der Waals surface area (Å²) < 4.78 is 15.5. The highest BCUT2D eigenvalue weighted by Gasteiger charge is 2.15. The average molecular weight is 313 g/mol. The predicted molar refractivity (Wildman–Crippen MR) is 84.0 cm³/mol. The second-order valence-corrected chi connectivity index (χ2v) is 4.89. The number of amides is 1. The standard InChI is InChI=1S/C16H15N3O4/c1-9-4-5-13-14(19-23-16(13)17-9)18-15(20)10-6-11(21-2)8-12(7-10)22-3/h4-8H,1-3H3,(H,18,19,20). The van der Waals surface area contributed by atoms with Crippen LogP contribution in [-0.2, 0) is 0 Å². The molecule has 3 aromatic rings. The summed E-state index contributed by atoms with van der Waals surface area (Å²) in [5, 5.41) is 7.20. The van der Waals surface area contributed by atoms with Crippen molar-refractivity contribution < 1.29 is 18.8 Å². The van der Waals surface area contributed by atoms with Crippen molar-refractivity contribution in [1.29, 1.82) is 0 Å². The lowest BCUT2D eigenvalue weighted by Crippen LogP contribution is -2.12. The van der Waals surface area contributed by atoms with E-state index in [0.717, 1.165) is 5.69 Å². The number of benzene rings is 1. The summed E-state index contributed by atoms with van der Waals surface area (Å²) in [5.74, 6) is 1.02. The van der Waals surface area contributed by atoms with Crippen LogP contribution in [0.2, 0.25) is 0 Å². The van der Waals surface area contributed by atoms with Crippen molar-refractivity contribution in [1.82, 2.24) is 10.1 Å². The van der Waals surface area contributed by atoms with Gasteiger partial charge in [-0.2, -0.15) is 0 Å². The van der Waals surface area contributed by atoms with Gasteiger partial charge in [0.05, 0.1) is 19.6 Å². The lowest BCUT2D eigenvalue weighted by atomic mass is 10.2. The van der Waals surface area contributed by atoms with Gasteiger partial charge in [0.1, 0.15) is 11.5 Å². The third-order valence-corrected chi connectivity index (χ3v) is 3.32. The molecule has 2 heterocycles. The summed E-state index contributed by atoms with van der Waals surface area (Å²) >= 11 is 0. The monoisotopic (exact) mass is 313 g/mol. The molecule has 0 aliphatic rings. The van der Waals surface area contributed by atoms with Crippen LogP contribution in [0.1, 0.15) is 16.1 Å². The van der Waals surface area contributed by atoms with Crippen LogP contribution in [0, 0.1) is 6.92 Å². The summed E-state index contributed by atoms with van der Waals surface area (Å²) in [6, 6.07) is 8.54. The zero-order valence-electron chi connectivity index (χ0n) is 12.9. The Bertz CT molecular complexity index is 851. The molecule has 7 heteroatoms. The van der Waals surface area contributed by atoms with Gasteiger partial charge in [-0.05, 0) is 31.2 Å². The van der Waals surface area contributed by atoms with Crippen molar-refractivity contribution in [2.45, 2.75) is 6.92 Å². The number of carbonyl (C=O) groups excluding carboxylic acids is 1. The van der Waals surface area contributed by atoms with Crippen molar-refractivity contribution in [3.05, 3.63) is 41.6 Å². The molecule has 0 unspecified atom stereocenters. The normalized spacial score (nSPS) is 10.6. The number of nitrogens with one attached hydrogen (secondary N) is 1. The first-order valence-corrected chi connectivity index (χ1v) is 6.88. The smallest absolute Gasteiger partial charge is 0.260 e. The maximum atomic E-state index is 12.4. The van der Waals surface area contributed by atoms with Crippen LogP contribution in [-0.4, -0.2) is 30.3 Å². The molecule has 1 amide bonds. The molecule has 0 bridgehead atoms. The summed E-state index contributed by atoms with van der Waals surface area (Å²) in [4.78, 5) is 16.6. The van der Waals surface area contributed by atoms with Crippen LogP contribution < -0.4 is 14.8 Å². The number of carbonyl (C=O) groups is 1. The molecule has 0 radical (unpaired) electrons. The lowest BCUT2D eigenvalue weighted by molar-refractivity contribution is 0.102. The van der Waals surface area contributed by atoms with E-state index in [0.29, 0.717) is 34.0 Å². The molecule has 0 fully saturated rings. The van der Waals surface area contributed by atoms with E-state index in [1.54, 1.807) is 24.3 Å². The van der Waals surface area contributed by atoms with E-state index < -0.39 is 0 Å². The molecule has 23 heavy (non-hydrogen) atoms. The number of hydrogen-bond donors (Lipinski definition) is 1. The number of hydrogen-bond acceptors (Lipinski definition) is 6. The Morgan fingerprint density at radius 3 is 2.48 bits per heavy atom. The Hall–Kier alpha value is -3.09. The second kappa shape index (κ2) is 5.96. The van der Waals surface area contributed by atoms with Gasteiger partial charge in [-0.15, -0.1) is 0 Å². The molecule has 3 rings (SSSR count). The van der Waals surface area contributed by atoms with E-state index >= 15 is 0 Å². The highest BCUT2D eigenvalue weighted by atomic mass is 16.5. The second-order valence-electron chi connectivity index (χ2n) is 4.89. The topological polar surface area (TPSA) is 86.5 Å². The highest BCUT2D eigenvalue weighted by Crippen LogP contribution is 2.25. The van der Waals surface area contributed by atoms with Gasteiger partial charge in [-0.3, -0.25) is 4.79 Å². The van der Waals surface area contributed by atoms with Gasteiger partial charge < -0.3 is 19.3 Å².